The maximum Gasteiger partial charge on any atom is 0.407 e. The minimum Gasteiger partial charge on any atom is -0.444 e. The number of hydrogen-bond donors (Lipinski definition) is 1. The zero-order valence-electron chi connectivity index (χ0n) is 14.5. The molecule has 6 heteroatoms. The molecule has 0 aliphatic carbocycles. The zero-order chi connectivity index (χ0) is 17.3. The molecule has 24 heavy (non-hydrogen) atoms. The van der Waals surface area contributed by atoms with Gasteiger partial charge in [-0.1, -0.05) is 0 Å². The van der Waals surface area contributed by atoms with Gasteiger partial charge in [-0.25, -0.2) is 14.2 Å². The zero-order valence-corrected chi connectivity index (χ0v) is 14.5. The van der Waals surface area contributed by atoms with Crippen LogP contribution in [0.15, 0.2) is 12.1 Å². The predicted octanol–water partition coefficient (Wildman–Crippen LogP) is 3.58. The molecule has 0 bridgehead atoms. The first-order chi connectivity index (χ1) is 11.3. The van der Waals surface area contributed by atoms with Gasteiger partial charge in [0.05, 0.1) is 11.0 Å². The van der Waals surface area contributed by atoms with Crippen molar-refractivity contribution in [3.63, 3.8) is 0 Å². The summed E-state index contributed by atoms with van der Waals surface area (Å²) in [5.74, 6) is 0.735. The Bertz CT molecular complexity index is 762. The van der Waals surface area contributed by atoms with Gasteiger partial charge in [0.25, 0.3) is 0 Å². The van der Waals surface area contributed by atoms with Crippen molar-refractivity contribution in [1.82, 2.24) is 14.9 Å². The Morgan fingerprint density at radius 3 is 2.92 bits per heavy atom. The number of ether oxygens (including phenoxy) is 1. The van der Waals surface area contributed by atoms with Crippen LogP contribution in [-0.2, 0) is 24.1 Å². The average molecular weight is 333 g/mol. The maximum atomic E-state index is 14.1. The second-order valence-corrected chi connectivity index (χ2v) is 7.21. The number of aromatic nitrogens is 2. The number of nitrogens with zero attached hydrogens (tertiary/aromatic N) is 2. The highest BCUT2D eigenvalue weighted by atomic mass is 19.1. The summed E-state index contributed by atoms with van der Waals surface area (Å²) >= 11 is 0. The molecule has 0 atom stereocenters. The van der Waals surface area contributed by atoms with Crippen molar-refractivity contribution in [3.05, 3.63) is 29.3 Å². The number of benzene rings is 1. The van der Waals surface area contributed by atoms with Crippen LogP contribution in [0.2, 0.25) is 0 Å². The molecule has 3 rings (SSSR count). The van der Waals surface area contributed by atoms with E-state index in [0.717, 1.165) is 48.2 Å². The first-order valence-electron chi connectivity index (χ1n) is 8.48. The Balaban J connectivity index is 1.76. The van der Waals surface area contributed by atoms with Crippen molar-refractivity contribution >= 4 is 17.1 Å². The summed E-state index contributed by atoms with van der Waals surface area (Å²) in [7, 11) is 0. The van der Waals surface area contributed by atoms with Gasteiger partial charge in [-0.2, -0.15) is 0 Å². The van der Waals surface area contributed by atoms with E-state index in [2.05, 4.69) is 14.9 Å². The first-order valence-corrected chi connectivity index (χ1v) is 8.48. The van der Waals surface area contributed by atoms with Gasteiger partial charge in [0.1, 0.15) is 17.2 Å². The molecule has 5 nitrogen and oxygen atoms in total. The van der Waals surface area contributed by atoms with E-state index < -0.39 is 11.7 Å². The topological polar surface area (TPSA) is 56.1 Å². The van der Waals surface area contributed by atoms with E-state index in [4.69, 9.17) is 4.74 Å². The molecule has 0 saturated carbocycles. The fourth-order valence-electron chi connectivity index (χ4n) is 3.15. The highest BCUT2D eigenvalue weighted by molar-refractivity contribution is 5.80. The number of hydrogen-bond acceptors (Lipinski definition) is 3. The summed E-state index contributed by atoms with van der Waals surface area (Å²) in [5.41, 5.74) is 2.01. The molecule has 1 aliphatic heterocycles. The van der Waals surface area contributed by atoms with Crippen LogP contribution in [0.25, 0.3) is 11.0 Å². The highest BCUT2D eigenvalue weighted by Crippen LogP contribution is 2.28. The third-order valence-corrected chi connectivity index (χ3v) is 4.11. The lowest BCUT2D eigenvalue weighted by atomic mass is 10.1. The largest absolute Gasteiger partial charge is 0.444 e. The molecule has 0 saturated heterocycles. The van der Waals surface area contributed by atoms with Crippen LogP contribution < -0.4 is 5.32 Å². The number of halogens is 1. The number of aryl methyl sites for hydroxylation is 2. The molecule has 1 N–H and O–H groups in total. The second-order valence-electron chi connectivity index (χ2n) is 7.21. The maximum absolute atomic E-state index is 14.1. The van der Waals surface area contributed by atoms with Crippen LogP contribution in [0.3, 0.4) is 0 Å². The predicted molar refractivity (Wildman–Crippen MR) is 90.6 cm³/mol. The molecule has 130 valence electrons. The van der Waals surface area contributed by atoms with Gasteiger partial charge in [0.15, 0.2) is 0 Å². The van der Waals surface area contributed by atoms with Crippen LogP contribution in [0, 0.1) is 5.82 Å². The summed E-state index contributed by atoms with van der Waals surface area (Å²) < 4.78 is 21.5. The molecule has 1 amide bonds. The van der Waals surface area contributed by atoms with Crippen LogP contribution in [0.5, 0.6) is 0 Å². The summed E-state index contributed by atoms with van der Waals surface area (Å²) in [6.07, 6.45) is 2.90. The molecule has 1 aromatic carbocycles. The smallest absolute Gasteiger partial charge is 0.407 e. The van der Waals surface area contributed by atoms with E-state index >= 15 is 0 Å². The molecule has 2 heterocycles. The lowest BCUT2D eigenvalue weighted by molar-refractivity contribution is 0.0528. The normalized spacial score (nSPS) is 14.5. The number of rotatable bonds is 3. The Morgan fingerprint density at radius 1 is 1.38 bits per heavy atom. The van der Waals surface area contributed by atoms with E-state index in [0.29, 0.717) is 13.0 Å². The number of imidazole rings is 1. The van der Waals surface area contributed by atoms with Crippen LogP contribution >= 0.6 is 0 Å². The number of amides is 1. The summed E-state index contributed by atoms with van der Waals surface area (Å²) in [5, 5.41) is 2.75. The molecular formula is C18H24FN3O2. The molecule has 0 fully saturated rings. The Morgan fingerprint density at radius 2 is 2.17 bits per heavy atom. The number of carbonyl (C=O) groups excluding carboxylic acids is 1. The van der Waals surface area contributed by atoms with Crippen molar-refractivity contribution < 1.29 is 13.9 Å². The standard InChI is InChI=1S/C18H24FN3O2/c1-18(2,3)24-17(23)20-10-9-15-21-14-8-7-13(19)12-6-4-5-11-22(15)16(12)14/h7-8H,4-6,9-11H2,1-3H3,(H,20,23). The van der Waals surface area contributed by atoms with Crippen molar-refractivity contribution in [1.29, 1.82) is 0 Å². The van der Waals surface area contributed by atoms with E-state index in [-0.39, 0.29) is 5.82 Å². The third kappa shape index (κ3) is 3.52. The summed E-state index contributed by atoms with van der Waals surface area (Å²) in [4.78, 5) is 16.4. The molecular weight excluding hydrogens is 309 g/mol. The number of alkyl carbamates (subject to hydrolysis) is 1. The van der Waals surface area contributed by atoms with Gasteiger partial charge in [-0.3, -0.25) is 0 Å². The summed E-state index contributed by atoms with van der Waals surface area (Å²) in [6.45, 7) is 6.78. The average Bonchev–Trinajstić information content (AvgIpc) is 2.66. The first kappa shape index (κ1) is 16.7. The van der Waals surface area contributed by atoms with E-state index in [1.165, 1.54) is 6.07 Å². The molecule has 1 aliphatic rings. The van der Waals surface area contributed by atoms with Crippen LogP contribution in [0.4, 0.5) is 9.18 Å². The van der Waals surface area contributed by atoms with Gasteiger partial charge < -0.3 is 14.6 Å². The highest BCUT2D eigenvalue weighted by Gasteiger charge is 2.20. The number of nitrogens with one attached hydrogen (secondary N) is 1. The van der Waals surface area contributed by atoms with Crippen molar-refractivity contribution in [3.8, 4) is 0 Å². The van der Waals surface area contributed by atoms with Crippen LogP contribution in [0.1, 0.15) is 45.0 Å². The molecule has 0 radical (unpaired) electrons. The van der Waals surface area contributed by atoms with Gasteiger partial charge in [-0.05, 0) is 52.2 Å². The van der Waals surface area contributed by atoms with E-state index in [1.54, 1.807) is 6.07 Å². The molecule has 1 aromatic heterocycles. The van der Waals surface area contributed by atoms with Gasteiger partial charge in [0, 0.05) is 25.1 Å². The fourth-order valence-corrected chi connectivity index (χ4v) is 3.15. The minimum absolute atomic E-state index is 0.149. The van der Waals surface area contributed by atoms with Gasteiger partial charge >= 0.3 is 6.09 Å². The van der Waals surface area contributed by atoms with Gasteiger partial charge in [0.2, 0.25) is 0 Å². The fraction of sp³-hybridized carbons (Fsp3) is 0.556. The molecule has 2 aromatic rings. The third-order valence-electron chi connectivity index (χ3n) is 4.11. The monoisotopic (exact) mass is 333 g/mol. The Kier molecular flexibility index (Phi) is 4.47. The van der Waals surface area contributed by atoms with Crippen molar-refractivity contribution in [2.45, 2.75) is 58.6 Å². The Labute approximate surface area is 141 Å². The minimum atomic E-state index is -0.511. The van der Waals surface area contributed by atoms with Crippen molar-refractivity contribution in [2.24, 2.45) is 0 Å². The number of carbonyl (C=O) groups is 1. The van der Waals surface area contributed by atoms with E-state index in [9.17, 15) is 9.18 Å². The molecule has 0 unspecified atom stereocenters. The second kappa shape index (κ2) is 6.42. The van der Waals surface area contributed by atoms with E-state index in [1.807, 2.05) is 20.8 Å². The Hall–Kier alpha value is -2.11. The lowest BCUT2D eigenvalue weighted by Crippen LogP contribution is -2.33. The van der Waals surface area contributed by atoms with Crippen molar-refractivity contribution in [2.75, 3.05) is 6.54 Å². The molecule has 0 spiro atoms. The quantitative estimate of drug-likeness (QED) is 0.934. The SMILES string of the molecule is CC(C)(C)OC(=O)NCCc1nc2ccc(F)c3c2n1CCCC3. The summed E-state index contributed by atoms with van der Waals surface area (Å²) in [6, 6.07) is 3.24. The van der Waals surface area contributed by atoms with Crippen LogP contribution in [-0.4, -0.2) is 27.8 Å². The lowest BCUT2D eigenvalue weighted by Gasteiger charge is -2.19. The van der Waals surface area contributed by atoms with Gasteiger partial charge in [-0.15, -0.1) is 0 Å².